The number of nitriles is 1. The summed E-state index contributed by atoms with van der Waals surface area (Å²) in [6.45, 7) is 3.22. The van der Waals surface area contributed by atoms with Crippen molar-refractivity contribution in [3.05, 3.63) is 60.2 Å². The minimum absolute atomic E-state index is 0.303. The molecule has 1 saturated carbocycles. The van der Waals surface area contributed by atoms with Gasteiger partial charge in [0.15, 0.2) is 5.82 Å². The van der Waals surface area contributed by atoms with Gasteiger partial charge in [0.2, 0.25) is 0 Å². The molecule has 4 heterocycles. The largest absolute Gasteiger partial charge is 0.303 e. The third-order valence-corrected chi connectivity index (χ3v) is 8.27. The van der Waals surface area contributed by atoms with E-state index in [1.807, 2.05) is 23.3 Å². The van der Waals surface area contributed by atoms with E-state index >= 15 is 0 Å². The fourth-order valence-electron chi connectivity index (χ4n) is 6.30. The highest BCUT2D eigenvalue weighted by molar-refractivity contribution is 5.61. The van der Waals surface area contributed by atoms with Crippen molar-refractivity contribution >= 4 is 0 Å². The zero-order chi connectivity index (χ0) is 22.3. The van der Waals surface area contributed by atoms with E-state index in [1.165, 1.54) is 43.5 Å². The van der Waals surface area contributed by atoms with Crippen molar-refractivity contribution in [3.63, 3.8) is 0 Å². The Morgan fingerprint density at radius 3 is 2.58 bits per heavy atom. The summed E-state index contributed by atoms with van der Waals surface area (Å²) in [4.78, 5) is 11.4. The van der Waals surface area contributed by atoms with E-state index < -0.39 is 0 Å². The van der Waals surface area contributed by atoms with E-state index in [2.05, 4.69) is 62.2 Å². The van der Waals surface area contributed by atoms with Crippen molar-refractivity contribution in [1.82, 2.24) is 25.0 Å². The Labute approximate surface area is 195 Å². The van der Waals surface area contributed by atoms with E-state index in [0.29, 0.717) is 12.0 Å². The van der Waals surface area contributed by atoms with Crippen molar-refractivity contribution < 1.29 is 0 Å². The molecule has 0 radical (unpaired) electrons. The van der Waals surface area contributed by atoms with E-state index in [4.69, 9.17) is 0 Å². The van der Waals surface area contributed by atoms with Crippen LogP contribution in [0.25, 0.3) is 11.4 Å². The Morgan fingerprint density at radius 2 is 1.82 bits per heavy atom. The second-order valence-electron chi connectivity index (χ2n) is 10.1. The lowest BCUT2D eigenvalue weighted by molar-refractivity contribution is 0.131. The van der Waals surface area contributed by atoms with Gasteiger partial charge in [-0.15, -0.1) is 0 Å². The first-order chi connectivity index (χ1) is 16.3. The predicted octanol–water partition coefficient (Wildman–Crippen LogP) is 3.85. The number of likely N-dealkylation sites (tertiary alicyclic amines) is 1. The van der Waals surface area contributed by atoms with Gasteiger partial charge in [0, 0.05) is 18.3 Å². The zero-order valence-electron chi connectivity index (χ0n) is 19.0. The molecule has 4 aliphatic heterocycles. The number of hydrogen-bond donors (Lipinski definition) is 2. The molecule has 1 aliphatic carbocycles. The standard InChI is InChI=1S/C26H31N7/c27-17-26(21-4-2-1-3-5-21)11-14-32(15-12-26)16-19-6-8-20(9-7-19)23-24-22-10-13-28-25(22)29-18-33(24)31-30-23/h1-5,10,13,18-20,23,30-31H,6-9,11-12,14-16H2. The van der Waals surface area contributed by atoms with Gasteiger partial charge in [-0.25, -0.2) is 20.1 Å². The summed E-state index contributed by atoms with van der Waals surface area (Å²) >= 11 is 0. The normalized spacial score (nSPS) is 27.1. The Bertz CT molecular complexity index is 1100. The van der Waals surface area contributed by atoms with Crippen LogP contribution in [0.2, 0.25) is 0 Å². The van der Waals surface area contributed by atoms with E-state index in [9.17, 15) is 5.26 Å². The topological polar surface area (TPSA) is 81.8 Å². The lowest BCUT2D eigenvalue weighted by atomic mass is 9.73. The molecular weight excluding hydrogens is 410 g/mol. The summed E-state index contributed by atoms with van der Waals surface area (Å²) in [5.74, 6) is 2.21. The van der Waals surface area contributed by atoms with Crippen LogP contribution in [0.15, 0.2) is 48.9 Å². The molecule has 2 fully saturated rings. The van der Waals surface area contributed by atoms with Gasteiger partial charge in [-0.1, -0.05) is 30.3 Å². The van der Waals surface area contributed by atoms with Gasteiger partial charge in [0.1, 0.15) is 6.33 Å². The fraction of sp³-hybridized carbons (Fsp3) is 0.500. The Hall–Kier alpha value is -2.95. The molecule has 1 saturated heterocycles. The maximum Gasteiger partial charge on any atom is 0.162 e. The van der Waals surface area contributed by atoms with Crippen LogP contribution in [0.4, 0.5) is 0 Å². The second kappa shape index (κ2) is 8.44. The lowest BCUT2D eigenvalue weighted by Gasteiger charge is -2.40. The van der Waals surface area contributed by atoms with Gasteiger partial charge in [-0.05, 0) is 75.1 Å². The van der Waals surface area contributed by atoms with Gasteiger partial charge < -0.3 is 4.90 Å². The number of hydrazine groups is 1. The smallest absolute Gasteiger partial charge is 0.162 e. The summed E-state index contributed by atoms with van der Waals surface area (Å²) in [5, 5.41) is 9.97. The molecule has 0 amide bonds. The van der Waals surface area contributed by atoms with Crippen LogP contribution in [0, 0.1) is 23.2 Å². The lowest BCUT2D eigenvalue weighted by Crippen LogP contribution is -2.44. The van der Waals surface area contributed by atoms with E-state index in [0.717, 1.165) is 43.2 Å². The summed E-state index contributed by atoms with van der Waals surface area (Å²) in [5.41, 5.74) is 10.1. The summed E-state index contributed by atoms with van der Waals surface area (Å²) in [6.07, 6.45) is 10.6. The van der Waals surface area contributed by atoms with Crippen LogP contribution in [0.3, 0.4) is 0 Å². The maximum absolute atomic E-state index is 9.97. The van der Waals surface area contributed by atoms with Crippen LogP contribution in [0.5, 0.6) is 0 Å². The minimum Gasteiger partial charge on any atom is -0.303 e. The number of aromatic nitrogens is 3. The fourth-order valence-corrected chi connectivity index (χ4v) is 6.30. The van der Waals surface area contributed by atoms with Gasteiger partial charge in [0.25, 0.3) is 0 Å². The average molecular weight is 442 g/mol. The SMILES string of the molecule is N#CC1(c2ccccc2)CCN(CC2CCC(C3NNn4cnc5nccc-5c43)CC2)CC1. The first kappa shape index (κ1) is 20.6. The third-order valence-electron chi connectivity index (χ3n) is 8.27. The first-order valence-corrected chi connectivity index (χ1v) is 12.3. The van der Waals surface area contributed by atoms with Crippen molar-refractivity contribution in [2.75, 3.05) is 25.2 Å². The molecule has 6 rings (SSSR count). The molecule has 0 aromatic heterocycles. The van der Waals surface area contributed by atoms with Crippen LogP contribution >= 0.6 is 0 Å². The van der Waals surface area contributed by atoms with Crippen molar-refractivity contribution in [1.29, 1.82) is 5.26 Å². The van der Waals surface area contributed by atoms with E-state index in [1.54, 1.807) is 0 Å². The number of benzene rings is 1. The summed E-state index contributed by atoms with van der Waals surface area (Å²) in [6, 6.07) is 15.4. The molecule has 7 heteroatoms. The van der Waals surface area contributed by atoms with Crippen LogP contribution in [-0.4, -0.2) is 39.2 Å². The van der Waals surface area contributed by atoms with Gasteiger partial charge >= 0.3 is 0 Å². The molecule has 0 spiro atoms. The summed E-state index contributed by atoms with van der Waals surface area (Å²) < 4.78 is 2.02. The number of rotatable bonds is 4. The van der Waals surface area contributed by atoms with Crippen LogP contribution < -0.4 is 11.0 Å². The van der Waals surface area contributed by atoms with Crippen molar-refractivity contribution in [2.24, 2.45) is 11.8 Å². The Balaban J connectivity index is 1.05. The highest BCUT2D eigenvalue weighted by Gasteiger charge is 2.39. The quantitative estimate of drug-likeness (QED) is 0.640. The maximum atomic E-state index is 9.97. The highest BCUT2D eigenvalue weighted by atomic mass is 15.7. The second-order valence-corrected chi connectivity index (χ2v) is 10.1. The van der Waals surface area contributed by atoms with Gasteiger partial charge in [0.05, 0.1) is 23.2 Å². The molecular formula is C26H31N7. The monoisotopic (exact) mass is 441 g/mol. The Kier molecular flexibility index (Phi) is 5.28. The average Bonchev–Trinajstić information content (AvgIpc) is 3.53. The predicted molar refractivity (Wildman–Crippen MR) is 127 cm³/mol. The molecule has 1 aromatic rings. The van der Waals surface area contributed by atoms with Crippen molar-refractivity contribution in [2.45, 2.75) is 50.0 Å². The molecule has 1 atom stereocenters. The molecule has 1 unspecified atom stereocenters. The number of nitrogens with zero attached hydrogens (tertiary/aromatic N) is 5. The third kappa shape index (κ3) is 3.68. The van der Waals surface area contributed by atoms with E-state index in [-0.39, 0.29) is 5.41 Å². The highest BCUT2D eigenvalue weighted by Crippen LogP contribution is 2.42. The van der Waals surface area contributed by atoms with Crippen LogP contribution in [0.1, 0.15) is 55.8 Å². The molecule has 7 nitrogen and oxygen atoms in total. The van der Waals surface area contributed by atoms with Gasteiger partial charge in [-0.2, -0.15) is 5.26 Å². The number of piperidine rings is 1. The molecule has 33 heavy (non-hydrogen) atoms. The molecule has 0 bridgehead atoms. The first-order valence-electron chi connectivity index (χ1n) is 12.3. The molecule has 5 aliphatic rings. The molecule has 2 N–H and O–H groups in total. The Morgan fingerprint density at radius 1 is 1.03 bits per heavy atom. The number of hydrogen-bond acceptors (Lipinski definition) is 6. The summed E-state index contributed by atoms with van der Waals surface area (Å²) in [7, 11) is 0. The van der Waals surface area contributed by atoms with Gasteiger partial charge in [-0.3, -0.25) is 5.53 Å². The van der Waals surface area contributed by atoms with Crippen LogP contribution in [-0.2, 0) is 5.41 Å². The zero-order valence-corrected chi connectivity index (χ0v) is 19.0. The minimum atomic E-state index is -0.308. The number of nitrogens with one attached hydrogen (secondary N) is 2. The molecule has 170 valence electrons. The van der Waals surface area contributed by atoms with Crippen molar-refractivity contribution in [3.8, 4) is 17.5 Å². The molecule has 1 aromatic carbocycles. The number of fused-ring (bicyclic) bond motifs is 3.